The smallest absolute Gasteiger partial charge is 0.163 e. The highest BCUT2D eigenvalue weighted by molar-refractivity contribution is 9.10. The van der Waals surface area contributed by atoms with Gasteiger partial charge >= 0.3 is 0 Å². The zero-order chi connectivity index (χ0) is 15.6. The van der Waals surface area contributed by atoms with Crippen LogP contribution in [-0.4, -0.2) is 15.6 Å². The second-order valence-electron chi connectivity index (χ2n) is 4.65. The molecule has 0 fully saturated rings. The molecule has 2 aromatic rings. The number of rotatable bonds is 5. The van der Waals surface area contributed by atoms with Crippen molar-refractivity contribution in [2.75, 3.05) is 0 Å². The number of nitrogens with zero attached hydrogens (tertiary/aromatic N) is 2. The van der Waals surface area contributed by atoms with Crippen LogP contribution in [0.25, 0.3) is 0 Å². The Hall–Kier alpha value is -1.69. The van der Waals surface area contributed by atoms with Crippen molar-refractivity contribution in [1.82, 2.24) is 9.78 Å². The third kappa shape index (κ3) is 3.32. The van der Waals surface area contributed by atoms with E-state index in [4.69, 9.17) is 4.74 Å². The molecule has 0 saturated carbocycles. The highest BCUT2D eigenvalue weighted by Crippen LogP contribution is 2.25. The first-order valence-electron chi connectivity index (χ1n) is 6.59. The van der Waals surface area contributed by atoms with Gasteiger partial charge in [-0.15, -0.1) is 0 Å². The minimum Gasteiger partial charge on any atom is -0.486 e. The maximum atomic E-state index is 13.3. The molecule has 0 saturated heterocycles. The van der Waals surface area contributed by atoms with Gasteiger partial charge in [0.2, 0.25) is 0 Å². The summed E-state index contributed by atoms with van der Waals surface area (Å²) in [5, 5.41) is 4.36. The zero-order valence-electron chi connectivity index (χ0n) is 12.1. The summed E-state index contributed by atoms with van der Waals surface area (Å²) in [7, 11) is 0. The van der Waals surface area contributed by atoms with Crippen molar-refractivity contribution in [2.24, 2.45) is 0 Å². The number of benzene rings is 1. The van der Waals surface area contributed by atoms with Crippen LogP contribution in [0.15, 0.2) is 22.7 Å². The molecule has 6 heteroatoms. The number of halogens is 2. The van der Waals surface area contributed by atoms with E-state index in [-0.39, 0.29) is 18.1 Å². The molecule has 0 amide bonds. The normalized spacial score (nSPS) is 10.7. The molecule has 1 aromatic carbocycles. The fraction of sp³-hybridized carbons (Fsp3) is 0.333. The van der Waals surface area contributed by atoms with E-state index in [0.29, 0.717) is 12.1 Å². The summed E-state index contributed by atoms with van der Waals surface area (Å²) >= 11 is 3.47. The van der Waals surface area contributed by atoms with Crippen molar-refractivity contribution in [3.05, 3.63) is 45.4 Å². The first kappa shape index (κ1) is 15.7. The van der Waals surface area contributed by atoms with Gasteiger partial charge in [0.1, 0.15) is 18.2 Å². The SMILES string of the molecule is CCn1nc(C)c(Br)c1COc1cc(F)ccc1C(C)=O. The Morgan fingerprint density at radius 3 is 2.81 bits per heavy atom. The number of ketones is 1. The molecule has 1 heterocycles. The molecule has 0 aliphatic heterocycles. The lowest BCUT2D eigenvalue weighted by atomic mass is 10.1. The predicted octanol–water partition coefficient (Wildman–Crippen LogP) is 3.89. The molecule has 21 heavy (non-hydrogen) atoms. The molecule has 2 rings (SSSR count). The quantitative estimate of drug-likeness (QED) is 0.765. The molecule has 0 aliphatic carbocycles. The van der Waals surface area contributed by atoms with Crippen LogP contribution in [0.4, 0.5) is 4.39 Å². The van der Waals surface area contributed by atoms with Crippen LogP contribution in [0.1, 0.15) is 35.6 Å². The molecule has 0 unspecified atom stereocenters. The van der Waals surface area contributed by atoms with E-state index in [2.05, 4.69) is 21.0 Å². The Kier molecular flexibility index (Phi) is 4.77. The Labute approximate surface area is 131 Å². The van der Waals surface area contributed by atoms with Crippen LogP contribution in [0, 0.1) is 12.7 Å². The van der Waals surface area contributed by atoms with E-state index in [0.717, 1.165) is 15.9 Å². The molecule has 1 aromatic heterocycles. The summed E-state index contributed by atoms with van der Waals surface area (Å²) in [5.41, 5.74) is 2.09. The zero-order valence-corrected chi connectivity index (χ0v) is 13.7. The topological polar surface area (TPSA) is 44.1 Å². The molecule has 0 aliphatic rings. The van der Waals surface area contributed by atoms with Gasteiger partial charge in [0.15, 0.2) is 5.78 Å². The molecular weight excluding hydrogens is 339 g/mol. The van der Waals surface area contributed by atoms with Crippen LogP contribution < -0.4 is 4.74 Å². The van der Waals surface area contributed by atoms with Crippen molar-refractivity contribution in [1.29, 1.82) is 0 Å². The van der Waals surface area contributed by atoms with Crippen LogP contribution >= 0.6 is 15.9 Å². The van der Waals surface area contributed by atoms with Gasteiger partial charge in [-0.1, -0.05) is 0 Å². The molecule has 0 atom stereocenters. The van der Waals surface area contributed by atoms with Gasteiger partial charge in [0.25, 0.3) is 0 Å². The summed E-state index contributed by atoms with van der Waals surface area (Å²) in [6.45, 7) is 6.21. The largest absolute Gasteiger partial charge is 0.486 e. The molecule has 112 valence electrons. The van der Waals surface area contributed by atoms with Gasteiger partial charge < -0.3 is 4.74 Å². The van der Waals surface area contributed by atoms with Crippen molar-refractivity contribution in [3.63, 3.8) is 0 Å². The average molecular weight is 355 g/mol. The molecule has 0 N–H and O–H groups in total. The van der Waals surface area contributed by atoms with Crippen LogP contribution in [-0.2, 0) is 13.2 Å². The lowest BCUT2D eigenvalue weighted by molar-refractivity contribution is 0.101. The average Bonchev–Trinajstić information content (AvgIpc) is 2.71. The lowest BCUT2D eigenvalue weighted by Gasteiger charge is -2.11. The van der Waals surface area contributed by atoms with Crippen molar-refractivity contribution in [3.8, 4) is 5.75 Å². The Morgan fingerprint density at radius 2 is 2.19 bits per heavy atom. The number of aromatic nitrogens is 2. The number of aryl methyl sites for hydroxylation is 2. The van der Waals surface area contributed by atoms with Crippen LogP contribution in [0.5, 0.6) is 5.75 Å². The number of Topliss-reactive ketones (excluding diaryl/α,β-unsaturated/α-hetero) is 1. The van der Waals surface area contributed by atoms with Gasteiger partial charge in [-0.25, -0.2) is 4.39 Å². The fourth-order valence-electron chi connectivity index (χ4n) is 2.06. The summed E-state index contributed by atoms with van der Waals surface area (Å²) < 4.78 is 21.7. The minimum atomic E-state index is -0.436. The third-order valence-electron chi connectivity index (χ3n) is 3.14. The van der Waals surface area contributed by atoms with Gasteiger partial charge in [-0.2, -0.15) is 5.10 Å². The van der Waals surface area contributed by atoms with E-state index in [1.54, 1.807) is 0 Å². The van der Waals surface area contributed by atoms with E-state index >= 15 is 0 Å². The minimum absolute atomic E-state index is 0.163. The molecule has 0 spiro atoms. The summed E-state index contributed by atoms with van der Waals surface area (Å²) in [5.74, 6) is -0.352. The van der Waals surface area contributed by atoms with E-state index < -0.39 is 5.82 Å². The van der Waals surface area contributed by atoms with Gasteiger partial charge in [-0.05, 0) is 48.8 Å². The number of carbonyl (C=O) groups excluding carboxylic acids is 1. The maximum absolute atomic E-state index is 13.3. The number of hydrogen-bond acceptors (Lipinski definition) is 3. The number of hydrogen-bond donors (Lipinski definition) is 0. The fourth-order valence-corrected chi connectivity index (χ4v) is 2.46. The van der Waals surface area contributed by atoms with Crippen molar-refractivity contribution in [2.45, 2.75) is 33.9 Å². The lowest BCUT2D eigenvalue weighted by Crippen LogP contribution is -2.08. The van der Waals surface area contributed by atoms with Gasteiger partial charge in [-0.3, -0.25) is 9.48 Å². The first-order valence-corrected chi connectivity index (χ1v) is 7.38. The monoisotopic (exact) mass is 354 g/mol. The molecule has 0 radical (unpaired) electrons. The number of ether oxygens (including phenoxy) is 1. The highest BCUT2D eigenvalue weighted by atomic mass is 79.9. The van der Waals surface area contributed by atoms with Crippen molar-refractivity contribution < 1.29 is 13.9 Å². The maximum Gasteiger partial charge on any atom is 0.163 e. The van der Waals surface area contributed by atoms with E-state index in [1.807, 2.05) is 18.5 Å². The van der Waals surface area contributed by atoms with Crippen LogP contribution in [0.3, 0.4) is 0 Å². The molecule has 4 nitrogen and oxygen atoms in total. The van der Waals surface area contributed by atoms with Gasteiger partial charge in [0.05, 0.1) is 21.4 Å². The number of carbonyl (C=O) groups is 1. The summed E-state index contributed by atoms with van der Waals surface area (Å²) in [4.78, 5) is 11.6. The summed E-state index contributed by atoms with van der Waals surface area (Å²) in [6, 6.07) is 3.91. The van der Waals surface area contributed by atoms with Crippen LogP contribution in [0.2, 0.25) is 0 Å². The van der Waals surface area contributed by atoms with E-state index in [1.165, 1.54) is 25.1 Å². The highest BCUT2D eigenvalue weighted by Gasteiger charge is 2.15. The predicted molar refractivity (Wildman–Crippen MR) is 81.1 cm³/mol. The molecular formula is C15H16BrFN2O2. The second-order valence-corrected chi connectivity index (χ2v) is 5.44. The summed E-state index contributed by atoms with van der Waals surface area (Å²) in [6.07, 6.45) is 0. The first-order chi connectivity index (χ1) is 9.93. The van der Waals surface area contributed by atoms with Crippen molar-refractivity contribution >= 4 is 21.7 Å². The Bertz CT molecular complexity index is 683. The van der Waals surface area contributed by atoms with E-state index in [9.17, 15) is 9.18 Å². The van der Waals surface area contributed by atoms with Gasteiger partial charge in [0, 0.05) is 12.6 Å². The second kappa shape index (κ2) is 6.39. The Balaban J connectivity index is 2.28. The molecule has 0 bridgehead atoms. The third-order valence-corrected chi connectivity index (χ3v) is 4.17. The Morgan fingerprint density at radius 1 is 1.48 bits per heavy atom. The standard InChI is InChI=1S/C15H16BrFN2O2/c1-4-19-13(15(16)9(2)18-19)8-21-14-7-11(17)5-6-12(14)10(3)20/h5-7H,4,8H2,1-3H3.